The standard InChI is InChI=1S/C27H30FN3O2S/c1-17(2)19-9-11-21(12-10-19)26(20-7-5-4-6-8-20)30-27(33)24-13-22(28)16-31(24)25(32)14-23-15-29-18(3)34-23/h4-12,15,17,22,24,26H,13-14,16H2,1-3H3,(H,30,33). The first-order valence-corrected chi connectivity index (χ1v) is 12.4. The zero-order chi connectivity index (χ0) is 24.2. The third-order valence-electron chi connectivity index (χ3n) is 6.22. The van der Waals surface area contributed by atoms with Gasteiger partial charge in [-0.05, 0) is 29.5 Å². The highest BCUT2D eigenvalue weighted by atomic mass is 32.1. The van der Waals surface area contributed by atoms with E-state index in [2.05, 4.69) is 36.3 Å². The number of aromatic nitrogens is 1. The van der Waals surface area contributed by atoms with Gasteiger partial charge in [0, 0.05) is 17.5 Å². The molecule has 1 aliphatic rings. The van der Waals surface area contributed by atoms with Crippen LogP contribution in [0.15, 0.2) is 60.8 Å². The molecule has 2 aromatic carbocycles. The molecule has 178 valence electrons. The first-order chi connectivity index (χ1) is 16.3. The number of nitrogens with zero attached hydrogens (tertiary/aromatic N) is 2. The monoisotopic (exact) mass is 479 g/mol. The van der Waals surface area contributed by atoms with Crippen LogP contribution in [0.1, 0.15) is 58.8 Å². The van der Waals surface area contributed by atoms with Crippen molar-refractivity contribution in [2.24, 2.45) is 0 Å². The van der Waals surface area contributed by atoms with Crippen LogP contribution in [-0.2, 0) is 16.0 Å². The summed E-state index contributed by atoms with van der Waals surface area (Å²) < 4.78 is 14.4. The lowest BCUT2D eigenvalue weighted by Crippen LogP contribution is -2.47. The van der Waals surface area contributed by atoms with Gasteiger partial charge in [-0.2, -0.15) is 0 Å². The Bertz CT molecular complexity index is 1130. The van der Waals surface area contributed by atoms with Crippen molar-refractivity contribution >= 4 is 23.2 Å². The van der Waals surface area contributed by atoms with Crippen molar-refractivity contribution in [3.8, 4) is 0 Å². The lowest BCUT2D eigenvalue weighted by molar-refractivity contribution is -0.138. The summed E-state index contributed by atoms with van der Waals surface area (Å²) in [7, 11) is 0. The molecule has 4 rings (SSSR count). The van der Waals surface area contributed by atoms with Gasteiger partial charge in [0.05, 0.1) is 24.0 Å². The number of amides is 2. The molecule has 1 fully saturated rings. The first kappa shape index (κ1) is 24.1. The maximum absolute atomic E-state index is 14.4. The molecule has 2 heterocycles. The van der Waals surface area contributed by atoms with E-state index in [1.54, 1.807) is 6.20 Å². The number of carbonyl (C=O) groups is 2. The quantitative estimate of drug-likeness (QED) is 0.521. The predicted octanol–water partition coefficient (Wildman–Crippen LogP) is 4.96. The normalized spacial score (nSPS) is 18.8. The van der Waals surface area contributed by atoms with Gasteiger partial charge in [0.2, 0.25) is 11.8 Å². The van der Waals surface area contributed by atoms with E-state index in [0.717, 1.165) is 21.0 Å². The molecule has 0 saturated carbocycles. The molecule has 3 aromatic rings. The van der Waals surface area contributed by atoms with E-state index in [1.165, 1.54) is 21.8 Å². The number of rotatable bonds is 7. The van der Waals surface area contributed by atoms with E-state index in [1.807, 2.05) is 49.4 Å². The lowest BCUT2D eigenvalue weighted by Gasteiger charge is -2.27. The first-order valence-electron chi connectivity index (χ1n) is 11.6. The minimum atomic E-state index is -1.22. The van der Waals surface area contributed by atoms with Gasteiger partial charge in [-0.25, -0.2) is 9.37 Å². The van der Waals surface area contributed by atoms with Crippen LogP contribution in [0.5, 0.6) is 0 Å². The summed E-state index contributed by atoms with van der Waals surface area (Å²) in [5, 5.41) is 3.98. The zero-order valence-electron chi connectivity index (χ0n) is 19.7. The summed E-state index contributed by atoms with van der Waals surface area (Å²) in [6.07, 6.45) is 0.583. The Balaban J connectivity index is 1.55. The Labute approximate surface area is 204 Å². The topological polar surface area (TPSA) is 62.3 Å². The van der Waals surface area contributed by atoms with Crippen molar-refractivity contribution in [2.45, 2.75) is 57.8 Å². The molecular weight excluding hydrogens is 449 g/mol. The SMILES string of the molecule is Cc1ncc(CC(=O)N2CC(F)CC2C(=O)NC(c2ccccc2)c2ccc(C(C)C)cc2)s1. The van der Waals surface area contributed by atoms with Gasteiger partial charge in [0.1, 0.15) is 12.2 Å². The molecule has 34 heavy (non-hydrogen) atoms. The smallest absolute Gasteiger partial charge is 0.243 e. The van der Waals surface area contributed by atoms with Crippen LogP contribution in [0.2, 0.25) is 0 Å². The molecule has 0 spiro atoms. The van der Waals surface area contributed by atoms with Crippen molar-refractivity contribution < 1.29 is 14.0 Å². The molecule has 7 heteroatoms. The highest BCUT2D eigenvalue weighted by molar-refractivity contribution is 7.11. The fourth-order valence-electron chi connectivity index (χ4n) is 4.36. The fraction of sp³-hybridized carbons (Fsp3) is 0.370. The third-order valence-corrected chi connectivity index (χ3v) is 7.14. The number of nitrogens with one attached hydrogen (secondary N) is 1. The maximum atomic E-state index is 14.4. The van der Waals surface area contributed by atoms with E-state index in [-0.39, 0.29) is 31.2 Å². The van der Waals surface area contributed by atoms with Gasteiger partial charge in [-0.15, -0.1) is 11.3 Å². The highest BCUT2D eigenvalue weighted by Crippen LogP contribution is 2.27. The van der Waals surface area contributed by atoms with Crippen LogP contribution in [-0.4, -0.2) is 40.5 Å². The average Bonchev–Trinajstić information content (AvgIpc) is 3.43. The van der Waals surface area contributed by atoms with Crippen molar-refractivity contribution in [3.63, 3.8) is 0 Å². The van der Waals surface area contributed by atoms with E-state index in [0.29, 0.717) is 5.92 Å². The van der Waals surface area contributed by atoms with Crippen LogP contribution in [0.4, 0.5) is 4.39 Å². The average molecular weight is 480 g/mol. The maximum Gasteiger partial charge on any atom is 0.243 e. The van der Waals surface area contributed by atoms with Crippen LogP contribution in [0, 0.1) is 6.92 Å². The summed E-state index contributed by atoms with van der Waals surface area (Å²) >= 11 is 1.44. The van der Waals surface area contributed by atoms with E-state index < -0.39 is 18.3 Å². The van der Waals surface area contributed by atoms with Gasteiger partial charge in [-0.3, -0.25) is 9.59 Å². The number of carbonyl (C=O) groups excluding carboxylic acids is 2. The number of hydrogen-bond donors (Lipinski definition) is 1. The highest BCUT2D eigenvalue weighted by Gasteiger charge is 2.40. The number of likely N-dealkylation sites (tertiary alicyclic amines) is 1. The number of hydrogen-bond acceptors (Lipinski definition) is 4. The van der Waals surface area contributed by atoms with Gasteiger partial charge in [-0.1, -0.05) is 68.4 Å². The Morgan fingerprint density at radius 3 is 2.35 bits per heavy atom. The van der Waals surface area contributed by atoms with Gasteiger partial charge in [0.15, 0.2) is 0 Å². The molecule has 1 saturated heterocycles. The number of alkyl halides is 1. The minimum absolute atomic E-state index is 0.00703. The van der Waals surface area contributed by atoms with E-state index in [4.69, 9.17) is 0 Å². The van der Waals surface area contributed by atoms with Crippen LogP contribution in [0.3, 0.4) is 0 Å². The Morgan fingerprint density at radius 2 is 1.74 bits per heavy atom. The zero-order valence-corrected chi connectivity index (χ0v) is 20.5. The summed E-state index contributed by atoms with van der Waals surface area (Å²) in [6.45, 7) is 6.09. The summed E-state index contributed by atoms with van der Waals surface area (Å²) in [5.74, 6) is -0.182. The molecule has 0 aliphatic carbocycles. The molecule has 3 unspecified atom stereocenters. The number of thiazole rings is 1. The molecule has 1 N–H and O–H groups in total. The summed E-state index contributed by atoms with van der Waals surface area (Å²) in [5.41, 5.74) is 3.09. The second kappa shape index (κ2) is 10.5. The Kier molecular flexibility index (Phi) is 7.41. The van der Waals surface area contributed by atoms with Crippen molar-refractivity contribution in [3.05, 3.63) is 87.4 Å². The molecule has 5 nitrogen and oxygen atoms in total. The van der Waals surface area contributed by atoms with Crippen LogP contribution < -0.4 is 5.32 Å². The molecule has 0 bridgehead atoms. The second-order valence-corrected chi connectivity index (χ2v) is 10.4. The second-order valence-electron chi connectivity index (χ2n) is 9.09. The predicted molar refractivity (Wildman–Crippen MR) is 133 cm³/mol. The minimum Gasteiger partial charge on any atom is -0.343 e. The number of benzene rings is 2. The Hall–Kier alpha value is -3.06. The van der Waals surface area contributed by atoms with Crippen LogP contribution in [0.25, 0.3) is 0 Å². The van der Waals surface area contributed by atoms with Crippen LogP contribution >= 0.6 is 11.3 Å². The van der Waals surface area contributed by atoms with Gasteiger partial charge in [0.25, 0.3) is 0 Å². The van der Waals surface area contributed by atoms with Gasteiger partial charge < -0.3 is 10.2 Å². The number of aryl methyl sites for hydroxylation is 1. The fourth-order valence-corrected chi connectivity index (χ4v) is 5.15. The van der Waals surface area contributed by atoms with Gasteiger partial charge >= 0.3 is 0 Å². The lowest BCUT2D eigenvalue weighted by atomic mass is 9.95. The van der Waals surface area contributed by atoms with Crippen molar-refractivity contribution in [1.29, 1.82) is 0 Å². The molecule has 0 radical (unpaired) electrons. The van der Waals surface area contributed by atoms with E-state index in [9.17, 15) is 14.0 Å². The van der Waals surface area contributed by atoms with Crippen molar-refractivity contribution in [1.82, 2.24) is 15.2 Å². The summed E-state index contributed by atoms with van der Waals surface area (Å²) in [4.78, 5) is 32.8. The molecule has 1 aromatic heterocycles. The molecule has 2 amide bonds. The summed E-state index contributed by atoms with van der Waals surface area (Å²) in [6, 6.07) is 16.7. The number of halogens is 1. The largest absolute Gasteiger partial charge is 0.343 e. The molecule has 1 aliphatic heterocycles. The molecule has 3 atom stereocenters. The Morgan fingerprint density at radius 1 is 1.09 bits per heavy atom. The van der Waals surface area contributed by atoms with Crippen molar-refractivity contribution in [2.75, 3.05) is 6.54 Å². The third kappa shape index (κ3) is 5.53. The molecular formula is C27H30FN3O2S. The van der Waals surface area contributed by atoms with E-state index >= 15 is 0 Å².